The Labute approximate surface area is 114 Å². The summed E-state index contributed by atoms with van der Waals surface area (Å²) in [5.74, 6) is -1.06. The van der Waals surface area contributed by atoms with Crippen LogP contribution in [-0.2, 0) is 0 Å². The molecule has 2 aromatic rings. The first-order valence-corrected chi connectivity index (χ1v) is 5.91. The van der Waals surface area contributed by atoms with E-state index in [1.54, 1.807) is 0 Å². The fourth-order valence-corrected chi connectivity index (χ4v) is 1.79. The highest BCUT2D eigenvalue weighted by Crippen LogP contribution is 2.25. The number of carbonyl (C=O) groups excluding carboxylic acids is 1. The second-order valence-corrected chi connectivity index (χ2v) is 4.48. The van der Waals surface area contributed by atoms with Crippen LogP contribution >= 0.6 is 11.3 Å². The van der Waals surface area contributed by atoms with Crippen molar-refractivity contribution in [3.63, 3.8) is 0 Å². The SMILES string of the molecule is Nc1nnc(C(=O)Nc2cccc(OC(F)(F)F)c2)s1. The molecule has 0 saturated carbocycles. The summed E-state index contributed by atoms with van der Waals surface area (Å²) in [7, 11) is 0. The van der Waals surface area contributed by atoms with Gasteiger partial charge in [-0.1, -0.05) is 17.4 Å². The van der Waals surface area contributed by atoms with Crippen molar-refractivity contribution in [2.75, 3.05) is 11.1 Å². The molecule has 0 fully saturated rings. The lowest BCUT2D eigenvalue weighted by atomic mass is 10.3. The highest BCUT2D eigenvalue weighted by atomic mass is 32.1. The summed E-state index contributed by atoms with van der Waals surface area (Å²) in [6.07, 6.45) is -4.80. The van der Waals surface area contributed by atoms with Gasteiger partial charge in [0.1, 0.15) is 5.75 Å². The number of carbonyl (C=O) groups is 1. The third kappa shape index (κ3) is 3.82. The maximum Gasteiger partial charge on any atom is 0.573 e. The van der Waals surface area contributed by atoms with Gasteiger partial charge < -0.3 is 15.8 Å². The number of aromatic nitrogens is 2. The number of halogens is 3. The van der Waals surface area contributed by atoms with Crippen LogP contribution in [-0.4, -0.2) is 22.5 Å². The molecule has 6 nitrogen and oxygen atoms in total. The molecule has 0 atom stereocenters. The van der Waals surface area contributed by atoms with Crippen LogP contribution in [0.4, 0.5) is 24.0 Å². The monoisotopic (exact) mass is 304 g/mol. The molecule has 0 spiro atoms. The predicted octanol–water partition coefficient (Wildman–Crippen LogP) is 2.27. The lowest BCUT2D eigenvalue weighted by Gasteiger charge is -2.10. The van der Waals surface area contributed by atoms with Crippen molar-refractivity contribution in [2.24, 2.45) is 0 Å². The normalized spacial score (nSPS) is 11.2. The Balaban J connectivity index is 2.10. The molecule has 0 aliphatic heterocycles. The molecule has 0 unspecified atom stereocenters. The summed E-state index contributed by atoms with van der Waals surface area (Å²) < 4.78 is 39.9. The number of anilines is 2. The minimum Gasteiger partial charge on any atom is -0.406 e. The van der Waals surface area contributed by atoms with Crippen molar-refractivity contribution in [3.05, 3.63) is 29.3 Å². The molecule has 1 amide bonds. The van der Waals surface area contributed by atoms with E-state index >= 15 is 0 Å². The predicted molar refractivity (Wildman–Crippen MR) is 65.4 cm³/mol. The number of ether oxygens (including phenoxy) is 1. The lowest BCUT2D eigenvalue weighted by Crippen LogP contribution is -2.17. The van der Waals surface area contributed by atoms with Crippen LogP contribution in [0.3, 0.4) is 0 Å². The van der Waals surface area contributed by atoms with E-state index < -0.39 is 18.0 Å². The largest absolute Gasteiger partial charge is 0.573 e. The Morgan fingerprint density at radius 1 is 1.35 bits per heavy atom. The molecule has 10 heteroatoms. The highest BCUT2D eigenvalue weighted by molar-refractivity contribution is 7.16. The van der Waals surface area contributed by atoms with Gasteiger partial charge in [0.05, 0.1) is 0 Å². The quantitative estimate of drug-likeness (QED) is 0.908. The molecule has 0 saturated heterocycles. The Morgan fingerprint density at radius 3 is 2.70 bits per heavy atom. The summed E-state index contributed by atoms with van der Waals surface area (Å²) in [4.78, 5) is 11.7. The van der Waals surface area contributed by atoms with Gasteiger partial charge in [0, 0.05) is 11.8 Å². The summed E-state index contributed by atoms with van der Waals surface area (Å²) in [6, 6.07) is 4.87. The van der Waals surface area contributed by atoms with Gasteiger partial charge in [0.15, 0.2) is 0 Å². The molecule has 0 aliphatic rings. The van der Waals surface area contributed by atoms with Gasteiger partial charge >= 0.3 is 6.36 Å². The van der Waals surface area contributed by atoms with E-state index in [1.807, 2.05) is 0 Å². The van der Waals surface area contributed by atoms with Crippen LogP contribution in [0.25, 0.3) is 0 Å². The highest BCUT2D eigenvalue weighted by Gasteiger charge is 2.31. The number of nitrogens with two attached hydrogens (primary N) is 1. The Morgan fingerprint density at radius 2 is 2.10 bits per heavy atom. The van der Waals surface area contributed by atoms with E-state index in [0.29, 0.717) is 0 Å². The first-order chi connectivity index (χ1) is 9.33. The van der Waals surface area contributed by atoms with Gasteiger partial charge in [-0.15, -0.1) is 23.4 Å². The first kappa shape index (κ1) is 14.1. The molecule has 0 radical (unpaired) electrons. The van der Waals surface area contributed by atoms with Crippen molar-refractivity contribution in [1.82, 2.24) is 10.2 Å². The Hall–Kier alpha value is -2.36. The first-order valence-electron chi connectivity index (χ1n) is 5.09. The van der Waals surface area contributed by atoms with Gasteiger partial charge in [-0.25, -0.2) is 0 Å². The maximum atomic E-state index is 12.1. The Kier molecular flexibility index (Phi) is 3.74. The van der Waals surface area contributed by atoms with Crippen LogP contribution in [0, 0.1) is 0 Å². The van der Waals surface area contributed by atoms with Crippen LogP contribution < -0.4 is 15.8 Å². The van der Waals surface area contributed by atoms with Gasteiger partial charge in [-0.2, -0.15) is 0 Å². The standard InChI is InChI=1S/C10H7F3N4O2S/c11-10(12,13)19-6-3-1-2-5(4-6)15-7(18)8-16-17-9(14)20-8/h1-4H,(H2,14,17)(H,15,18). The number of nitrogens with zero attached hydrogens (tertiary/aromatic N) is 2. The summed E-state index contributed by atoms with van der Waals surface area (Å²) in [5, 5.41) is 9.45. The topological polar surface area (TPSA) is 90.1 Å². The van der Waals surface area contributed by atoms with Gasteiger partial charge in [0.25, 0.3) is 5.91 Å². The number of rotatable bonds is 3. The molecule has 1 aromatic carbocycles. The lowest BCUT2D eigenvalue weighted by molar-refractivity contribution is -0.274. The summed E-state index contributed by atoms with van der Waals surface area (Å²) in [6.45, 7) is 0. The second kappa shape index (κ2) is 5.33. The zero-order valence-corrected chi connectivity index (χ0v) is 10.5. The molecular formula is C10H7F3N4O2S. The van der Waals surface area contributed by atoms with Gasteiger partial charge in [-0.05, 0) is 12.1 Å². The third-order valence-corrected chi connectivity index (χ3v) is 2.71. The van der Waals surface area contributed by atoms with E-state index in [4.69, 9.17) is 5.73 Å². The smallest absolute Gasteiger partial charge is 0.406 e. The minimum atomic E-state index is -4.80. The molecule has 20 heavy (non-hydrogen) atoms. The number of nitrogens with one attached hydrogen (secondary N) is 1. The van der Waals surface area contributed by atoms with E-state index in [-0.39, 0.29) is 15.8 Å². The fourth-order valence-electron chi connectivity index (χ4n) is 1.28. The molecule has 0 bridgehead atoms. The van der Waals surface area contributed by atoms with Gasteiger partial charge in [0.2, 0.25) is 10.1 Å². The van der Waals surface area contributed by atoms with E-state index in [0.717, 1.165) is 23.5 Å². The van der Waals surface area contributed by atoms with Crippen molar-refractivity contribution in [3.8, 4) is 5.75 Å². The van der Waals surface area contributed by atoms with Crippen LogP contribution in [0.5, 0.6) is 5.75 Å². The number of alkyl halides is 3. The van der Waals surface area contributed by atoms with Crippen molar-refractivity contribution >= 4 is 28.1 Å². The molecular weight excluding hydrogens is 297 g/mol. The van der Waals surface area contributed by atoms with Crippen LogP contribution in [0.1, 0.15) is 9.80 Å². The number of nitrogen functional groups attached to an aromatic ring is 1. The molecule has 3 N–H and O–H groups in total. The number of hydrogen-bond donors (Lipinski definition) is 2. The third-order valence-electron chi connectivity index (χ3n) is 1.96. The molecule has 0 aliphatic carbocycles. The van der Waals surface area contributed by atoms with Gasteiger partial charge in [-0.3, -0.25) is 4.79 Å². The maximum absolute atomic E-state index is 12.1. The molecule has 106 valence electrons. The molecule has 1 aromatic heterocycles. The minimum absolute atomic E-state index is 0.00430. The Bertz CT molecular complexity index is 629. The fraction of sp³-hybridized carbons (Fsp3) is 0.100. The van der Waals surface area contributed by atoms with Crippen molar-refractivity contribution < 1.29 is 22.7 Å². The zero-order chi connectivity index (χ0) is 14.8. The average molecular weight is 304 g/mol. The second-order valence-electron chi connectivity index (χ2n) is 3.48. The zero-order valence-electron chi connectivity index (χ0n) is 9.64. The van der Waals surface area contributed by atoms with Crippen molar-refractivity contribution in [1.29, 1.82) is 0 Å². The number of amides is 1. The van der Waals surface area contributed by atoms with E-state index in [9.17, 15) is 18.0 Å². The summed E-state index contributed by atoms with van der Waals surface area (Å²) >= 11 is 0.862. The summed E-state index contributed by atoms with van der Waals surface area (Å²) in [5.41, 5.74) is 5.45. The number of hydrogen-bond acceptors (Lipinski definition) is 6. The number of benzene rings is 1. The molecule has 2 rings (SSSR count). The van der Waals surface area contributed by atoms with Crippen molar-refractivity contribution in [2.45, 2.75) is 6.36 Å². The van der Waals surface area contributed by atoms with Crippen LogP contribution in [0.15, 0.2) is 24.3 Å². The van der Waals surface area contributed by atoms with Crippen LogP contribution in [0.2, 0.25) is 0 Å². The van der Waals surface area contributed by atoms with E-state index in [2.05, 4.69) is 20.3 Å². The molecule has 1 heterocycles. The average Bonchev–Trinajstić information content (AvgIpc) is 2.74. The van der Waals surface area contributed by atoms with E-state index in [1.165, 1.54) is 12.1 Å².